The van der Waals surface area contributed by atoms with Crippen LogP contribution in [-0.2, 0) is 20.9 Å². The third-order valence-corrected chi connectivity index (χ3v) is 4.52. The summed E-state index contributed by atoms with van der Waals surface area (Å²) in [6, 6.07) is 0.909. The van der Waals surface area contributed by atoms with Gasteiger partial charge in [0.15, 0.2) is 0 Å². The van der Waals surface area contributed by atoms with Crippen molar-refractivity contribution in [2.24, 2.45) is 0 Å². The fraction of sp³-hybridized carbons (Fsp3) is 0.471. The van der Waals surface area contributed by atoms with Gasteiger partial charge in [-0.15, -0.1) is 0 Å². The normalized spacial score (nSPS) is 19.1. The van der Waals surface area contributed by atoms with Crippen LogP contribution in [0.4, 0.5) is 17.6 Å². The molecule has 142 valence electrons. The molecular weight excluding hydrogens is 356 g/mol. The van der Waals surface area contributed by atoms with E-state index in [1.54, 1.807) is 0 Å². The van der Waals surface area contributed by atoms with Crippen LogP contribution in [-0.4, -0.2) is 35.3 Å². The largest absolute Gasteiger partial charge is 0.395 e. The minimum atomic E-state index is -4.59. The average Bonchev–Trinajstić information content (AvgIpc) is 2.53. The zero-order valence-corrected chi connectivity index (χ0v) is 14.2. The maximum Gasteiger partial charge on any atom is 0.395 e. The summed E-state index contributed by atoms with van der Waals surface area (Å²) in [5.41, 5.74) is 0.0948. The van der Waals surface area contributed by atoms with Crippen molar-refractivity contribution in [3.63, 3.8) is 0 Å². The third kappa shape index (κ3) is 4.20. The van der Waals surface area contributed by atoms with Crippen molar-refractivity contribution in [1.82, 2.24) is 10.2 Å². The summed E-state index contributed by atoms with van der Waals surface area (Å²) in [6.07, 6.45) is -4.14. The lowest BCUT2D eigenvalue weighted by molar-refractivity contribution is -0.147. The summed E-state index contributed by atoms with van der Waals surface area (Å²) >= 11 is 0. The van der Waals surface area contributed by atoms with E-state index in [9.17, 15) is 31.9 Å². The first-order valence-electron chi connectivity index (χ1n) is 7.95. The van der Waals surface area contributed by atoms with Crippen LogP contribution >= 0.6 is 0 Å². The molecule has 0 aromatic heterocycles. The number of nitrogens with zero attached hydrogens (tertiary/aromatic N) is 1. The summed E-state index contributed by atoms with van der Waals surface area (Å²) in [4.78, 5) is 35.7. The zero-order valence-electron chi connectivity index (χ0n) is 14.2. The van der Waals surface area contributed by atoms with Crippen molar-refractivity contribution < 1.29 is 31.9 Å². The molecular formula is C17H18F4N2O3. The molecule has 2 atom stereocenters. The van der Waals surface area contributed by atoms with Gasteiger partial charge in [0.2, 0.25) is 18.2 Å². The van der Waals surface area contributed by atoms with Crippen molar-refractivity contribution in [2.45, 2.75) is 51.4 Å². The number of hydrogen-bond donors (Lipinski definition) is 1. The van der Waals surface area contributed by atoms with Crippen molar-refractivity contribution in [3.8, 4) is 0 Å². The molecule has 1 aromatic rings. The molecule has 26 heavy (non-hydrogen) atoms. The Morgan fingerprint density at radius 2 is 2.00 bits per heavy atom. The van der Waals surface area contributed by atoms with Crippen LogP contribution in [0.3, 0.4) is 0 Å². The number of benzene rings is 1. The van der Waals surface area contributed by atoms with Gasteiger partial charge in [0.05, 0.1) is 5.92 Å². The summed E-state index contributed by atoms with van der Waals surface area (Å²) < 4.78 is 53.1. The number of amides is 3. The van der Waals surface area contributed by atoms with Gasteiger partial charge in [-0.2, -0.15) is 13.2 Å². The van der Waals surface area contributed by atoms with Crippen LogP contribution < -0.4 is 5.32 Å². The van der Waals surface area contributed by atoms with E-state index in [4.69, 9.17) is 0 Å². The molecule has 2 rings (SSSR count). The van der Waals surface area contributed by atoms with E-state index in [-0.39, 0.29) is 36.1 Å². The number of hydrogen-bond acceptors (Lipinski definition) is 3. The Labute approximate surface area is 147 Å². The number of nitrogens with one attached hydrogen (secondary N) is 1. The minimum absolute atomic E-state index is 0.0228. The van der Waals surface area contributed by atoms with Crippen LogP contribution in [0, 0.1) is 12.7 Å². The summed E-state index contributed by atoms with van der Waals surface area (Å²) in [6.45, 7) is 2.06. The third-order valence-electron chi connectivity index (χ3n) is 4.52. The Morgan fingerprint density at radius 3 is 2.54 bits per heavy atom. The van der Waals surface area contributed by atoms with Gasteiger partial charge < -0.3 is 4.90 Å². The lowest BCUT2D eigenvalue weighted by Crippen LogP contribution is -2.51. The van der Waals surface area contributed by atoms with Crippen LogP contribution in [0.2, 0.25) is 0 Å². The van der Waals surface area contributed by atoms with E-state index in [1.165, 1.54) is 6.92 Å². The molecule has 1 unspecified atom stereocenters. The Morgan fingerprint density at radius 1 is 1.35 bits per heavy atom. The number of carbonyl (C=O) groups is 3. The topological polar surface area (TPSA) is 66.5 Å². The molecule has 1 heterocycles. The number of imide groups is 1. The predicted molar refractivity (Wildman–Crippen MR) is 83.4 cm³/mol. The first-order valence-corrected chi connectivity index (χ1v) is 7.95. The van der Waals surface area contributed by atoms with Gasteiger partial charge >= 0.3 is 6.18 Å². The number of rotatable bonds is 5. The zero-order chi connectivity index (χ0) is 19.6. The molecule has 5 nitrogen and oxygen atoms in total. The summed E-state index contributed by atoms with van der Waals surface area (Å²) in [7, 11) is 0. The molecule has 0 bridgehead atoms. The lowest BCUT2D eigenvalue weighted by Gasteiger charge is -2.31. The molecule has 1 fully saturated rings. The number of piperidine rings is 1. The Balaban J connectivity index is 2.39. The van der Waals surface area contributed by atoms with E-state index in [2.05, 4.69) is 5.32 Å². The smallest absolute Gasteiger partial charge is 0.329 e. The van der Waals surface area contributed by atoms with Gasteiger partial charge in [-0.1, -0.05) is 0 Å². The highest BCUT2D eigenvalue weighted by Gasteiger charge is 2.39. The Kier molecular flexibility index (Phi) is 5.68. The van der Waals surface area contributed by atoms with E-state index in [0.717, 1.165) is 24.0 Å². The second kappa shape index (κ2) is 7.43. The van der Waals surface area contributed by atoms with Crippen molar-refractivity contribution in [1.29, 1.82) is 0 Å². The fourth-order valence-electron chi connectivity index (χ4n) is 2.98. The first-order chi connectivity index (χ1) is 12.0. The number of carbonyl (C=O) groups excluding carboxylic acids is 3. The van der Waals surface area contributed by atoms with E-state index < -0.39 is 35.8 Å². The molecule has 3 amide bonds. The van der Waals surface area contributed by atoms with Crippen LogP contribution in [0.5, 0.6) is 0 Å². The lowest BCUT2D eigenvalue weighted by atomic mass is 9.91. The average molecular weight is 374 g/mol. The van der Waals surface area contributed by atoms with Gasteiger partial charge in [-0.25, -0.2) is 4.39 Å². The molecule has 9 heteroatoms. The van der Waals surface area contributed by atoms with E-state index >= 15 is 0 Å². The summed E-state index contributed by atoms with van der Waals surface area (Å²) in [5, 5.41) is 2.10. The van der Waals surface area contributed by atoms with Crippen molar-refractivity contribution in [2.75, 3.05) is 0 Å². The molecule has 0 aliphatic carbocycles. The summed E-state index contributed by atoms with van der Waals surface area (Å²) in [5.74, 6) is -3.90. The second-order valence-corrected chi connectivity index (χ2v) is 6.30. The van der Waals surface area contributed by atoms with E-state index in [1.807, 2.05) is 0 Å². The maximum absolute atomic E-state index is 13.7. The highest BCUT2D eigenvalue weighted by atomic mass is 19.4. The van der Waals surface area contributed by atoms with Gasteiger partial charge in [0, 0.05) is 13.0 Å². The molecule has 0 saturated carbocycles. The number of halogens is 4. The monoisotopic (exact) mass is 374 g/mol. The SMILES string of the molecule is Cc1cc(F)cc([C@H](C)C(F)(F)F)c1CN(C=O)C1CCC(=O)NC1=O. The van der Waals surface area contributed by atoms with Gasteiger partial charge in [0.1, 0.15) is 11.9 Å². The number of aryl methyl sites for hydroxylation is 1. The highest BCUT2D eigenvalue weighted by molar-refractivity contribution is 6.00. The molecule has 1 saturated heterocycles. The van der Waals surface area contributed by atoms with Gasteiger partial charge in [-0.05, 0) is 49.1 Å². The Hall–Kier alpha value is -2.45. The van der Waals surface area contributed by atoms with Crippen LogP contribution in [0.1, 0.15) is 42.4 Å². The second-order valence-electron chi connectivity index (χ2n) is 6.30. The van der Waals surface area contributed by atoms with Gasteiger partial charge in [0.25, 0.3) is 0 Å². The van der Waals surface area contributed by atoms with Crippen LogP contribution in [0.15, 0.2) is 12.1 Å². The minimum Gasteiger partial charge on any atom is -0.329 e. The molecule has 0 spiro atoms. The standard InChI is InChI=1S/C17H18F4N2O3/c1-9-5-11(18)6-12(10(2)17(19,20)21)13(9)7-23(8-24)14-3-4-15(25)22-16(14)26/h5-6,8,10,14H,3-4,7H2,1-2H3,(H,22,25,26)/t10-,14?/m0/s1. The molecule has 1 N–H and O–H groups in total. The number of alkyl halides is 3. The van der Waals surface area contributed by atoms with E-state index in [0.29, 0.717) is 6.41 Å². The quantitative estimate of drug-likeness (QED) is 0.489. The molecule has 1 aliphatic rings. The molecule has 1 aromatic carbocycles. The molecule has 1 aliphatic heterocycles. The Bertz CT molecular complexity index is 733. The fourth-order valence-corrected chi connectivity index (χ4v) is 2.98. The van der Waals surface area contributed by atoms with Crippen molar-refractivity contribution >= 4 is 18.2 Å². The predicted octanol–water partition coefficient (Wildman–Crippen LogP) is 2.56. The molecule has 0 radical (unpaired) electrons. The van der Waals surface area contributed by atoms with Crippen molar-refractivity contribution in [3.05, 3.63) is 34.6 Å². The van der Waals surface area contributed by atoms with Gasteiger partial charge in [-0.3, -0.25) is 19.7 Å². The maximum atomic E-state index is 13.7. The van der Waals surface area contributed by atoms with Crippen LogP contribution in [0.25, 0.3) is 0 Å². The highest BCUT2D eigenvalue weighted by Crippen LogP contribution is 2.37. The first kappa shape index (κ1) is 19.9.